The van der Waals surface area contributed by atoms with Crippen molar-refractivity contribution >= 4 is 39.8 Å². The van der Waals surface area contributed by atoms with Gasteiger partial charge in [0.2, 0.25) is 0 Å². The second-order valence-electron chi connectivity index (χ2n) is 8.56. The van der Waals surface area contributed by atoms with Gasteiger partial charge in [0, 0.05) is 36.6 Å². The smallest absolute Gasteiger partial charge is 0.191 e. The van der Waals surface area contributed by atoms with Gasteiger partial charge >= 0.3 is 0 Å². The Morgan fingerprint density at radius 1 is 1.20 bits per heavy atom. The molecular formula is C17H30IN3O3S. The maximum absolute atomic E-state index is 11.6. The second kappa shape index (κ2) is 7.14. The number of fused-ring (bicyclic) bond motifs is 1. The highest BCUT2D eigenvalue weighted by Gasteiger charge is 2.59. The second-order valence-corrected chi connectivity index (χ2v) is 10.8. The number of nitrogens with one attached hydrogen (secondary N) is 2. The molecule has 8 heteroatoms. The molecule has 4 unspecified atom stereocenters. The van der Waals surface area contributed by atoms with Crippen LogP contribution >= 0.6 is 24.0 Å². The van der Waals surface area contributed by atoms with Crippen molar-refractivity contribution in [2.45, 2.75) is 57.7 Å². The molecule has 4 atom stereocenters. The van der Waals surface area contributed by atoms with Gasteiger partial charge in [-0.15, -0.1) is 24.0 Å². The Bertz CT molecular complexity index is 633. The first-order chi connectivity index (χ1) is 11.4. The Hall–Kier alpha value is -0.0900. The number of nitrogens with zero attached hydrogens (tertiary/aromatic N) is 1. The Kier molecular flexibility index (Phi) is 5.62. The third-order valence-electron chi connectivity index (χ3n) is 6.15. The number of guanidine groups is 1. The van der Waals surface area contributed by atoms with E-state index in [4.69, 9.17) is 9.73 Å². The fourth-order valence-electron chi connectivity index (χ4n) is 4.55. The van der Waals surface area contributed by atoms with E-state index in [2.05, 4.69) is 24.5 Å². The molecule has 2 aliphatic heterocycles. The fraction of sp³-hybridized carbons (Fsp3) is 0.941. The quantitative estimate of drug-likeness (QED) is 0.361. The van der Waals surface area contributed by atoms with E-state index in [1.165, 1.54) is 12.8 Å². The van der Waals surface area contributed by atoms with Crippen molar-refractivity contribution in [1.82, 2.24) is 10.6 Å². The van der Waals surface area contributed by atoms with E-state index in [0.717, 1.165) is 25.4 Å². The van der Waals surface area contributed by atoms with Crippen molar-refractivity contribution in [2.75, 3.05) is 24.7 Å². The SMILES string of the molecule is CC1(C)C(NC(=NCC2CCS(=O)(=O)C2)NC2CC2)C2CCOC21.I. The van der Waals surface area contributed by atoms with E-state index in [1.54, 1.807) is 0 Å². The molecule has 144 valence electrons. The maximum Gasteiger partial charge on any atom is 0.191 e. The van der Waals surface area contributed by atoms with Gasteiger partial charge in [-0.1, -0.05) is 13.8 Å². The predicted octanol–water partition coefficient (Wildman–Crippen LogP) is 1.55. The molecule has 0 aromatic rings. The average Bonchev–Trinajstić information content (AvgIpc) is 3.08. The van der Waals surface area contributed by atoms with Crippen LogP contribution < -0.4 is 10.6 Å². The summed E-state index contributed by atoms with van der Waals surface area (Å²) in [6.07, 6.45) is 4.61. The van der Waals surface area contributed by atoms with Crippen LogP contribution in [-0.4, -0.2) is 57.2 Å². The lowest BCUT2D eigenvalue weighted by atomic mass is 9.57. The highest BCUT2D eigenvalue weighted by Crippen LogP contribution is 2.52. The molecule has 2 aliphatic carbocycles. The number of rotatable bonds is 4. The van der Waals surface area contributed by atoms with Crippen LogP contribution in [0.2, 0.25) is 0 Å². The maximum atomic E-state index is 11.6. The molecule has 2 saturated carbocycles. The summed E-state index contributed by atoms with van der Waals surface area (Å²) < 4.78 is 29.1. The number of halogens is 1. The minimum Gasteiger partial charge on any atom is -0.377 e. The van der Waals surface area contributed by atoms with Crippen LogP contribution in [0.25, 0.3) is 0 Å². The van der Waals surface area contributed by atoms with Gasteiger partial charge in [0.05, 0.1) is 17.6 Å². The van der Waals surface area contributed by atoms with Crippen molar-refractivity contribution in [2.24, 2.45) is 22.2 Å². The number of hydrogen-bond acceptors (Lipinski definition) is 4. The molecule has 2 saturated heterocycles. The first kappa shape index (κ1) is 19.7. The summed E-state index contributed by atoms with van der Waals surface area (Å²) in [5.41, 5.74) is 0.115. The summed E-state index contributed by atoms with van der Waals surface area (Å²) in [6, 6.07) is 0.907. The van der Waals surface area contributed by atoms with Crippen molar-refractivity contribution in [1.29, 1.82) is 0 Å². The third-order valence-corrected chi connectivity index (χ3v) is 7.98. The Labute approximate surface area is 167 Å². The first-order valence-electron chi connectivity index (χ1n) is 9.25. The van der Waals surface area contributed by atoms with E-state index >= 15 is 0 Å². The molecule has 0 amide bonds. The lowest BCUT2D eigenvalue weighted by Gasteiger charge is -2.55. The van der Waals surface area contributed by atoms with E-state index in [0.29, 0.717) is 42.2 Å². The predicted molar refractivity (Wildman–Crippen MR) is 109 cm³/mol. The van der Waals surface area contributed by atoms with Crippen LogP contribution in [-0.2, 0) is 14.6 Å². The highest BCUT2D eigenvalue weighted by atomic mass is 127. The molecule has 2 N–H and O–H groups in total. The van der Waals surface area contributed by atoms with E-state index in [1.807, 2.05) is 0 Å². The third kappa shape index (κ3) is 4.10. The van der Waals surface area contributed by atoms with Crippen molar-refractivity contribution in [3.63, 3.8) is 0 Å². The zero-order valence-electron chi connectivity index (χ0n) is 15.0. The van der Waals surface area contributed by atoms with E-state index in [-0.39, 0.29) is 35.3 Å². The molecule has 0 spiro atoms. The molecule has 0 aromatic heterocycles. The number of ether oxygens (including phenoxy) is 1. The molecule has 4 aliphatic rings. The van der Waals surface area contributed by atoms with Gasteiger partial charge in [-0.05, 0) is 31.6 Å². The molecular weight excluding hydrogens is 453 g/mol. The van der Waals surface area contributed by atoms with Crippen LogP contribution in [0.1, 0.15) is 39.5 Å². The van der Waals surface area contributed by atoms with Crippen molar-refractivity contribution < 1.29 is 13.2 Å². The van der Waals surface area contributed by atoms with Gasteiger partial charge in [0.1, 0.15) is 0 Å². The topological polar surface area (TPSA) is 79.8 Å². The molecule has 6 nitrogen and oxygen atoms in total. The van der Waals surface area contributed by atoms with Crippen LogP contribution in [0.4, 0.5) is 0 Å². The molecule has 4 fully saturated rings. The lowest BCUT2D eigenvalue weighted by molar-refractivity contribution is -0.106. The summed E-state index contributed by atoms with van der Waals surface area (Å²) in [4.78, 5) is 4.74. The minimum absolute atomic E-state index is 0. The van der Waals surface area contributed by atoms with Gasteiger partial charge in [-0.2, -0.15) is 0 Å². The Morgan fingerprint density at radius 3 is 2.60 bits per heavy atom. The van der Waals surface area contributed by atoms with Gasteiger partial charge in [-0.3, -0.25) is 4.99 Å². The summed E-state index contributed by atoms with van der Waals surface area (Å²) in [6.45, 7) is 5.98. The summed E-state index contributed by atoms with van der Waals surface area (Å²) >= 11 is 0. The van der Waals surface area contributed by atoms with Gasteiger partial charge in [-0.25, -0.2) is 8.42 Å². The average molecular weight is 483 g/mol. The van der Waals surface area contributed by atoms with Gasteiger partial charge in [0.15, 0.2) is 15.8 Å². The number of sulfone groups is 1. The Morgan fingerprint density at radius 2 is 1.96 bits per heavy atom. The number of aliphatic imine (C=N–C) groups is 1. The zero-order chi connectivity index (χ0) is 16.9. The van der Waals surface area contributed by atoms with Crippen LogP contribution in [0.5, 0.6) is 0 Å². The van der Waals surface area contributed by atoms with Gasteiger partial charge < -0.3 is 15.4 Å². The molecule has 0 aromatic carbocycles. The van der Waals surface area contributed by atoms with E-state index < -0.39 is 9.84 Å². The van der Waals surface area contributed by atoms with Crippen LogP contribution in [0.15, 0.2) is 4.99 Å². The first-order valence-corrected chi connectivity index (χ1v) is 11.1. The Balaban J connectivity index is 0.00000182. The van der Waals surface area contributed by atoms with E-state index in [9.17, 15) is 8.42 Å². The molecule has 0 radical (unpaired) electrons. The van der Waals surface area contributed by atoms with Crippen LogP contribution in [0, 0.1) is 17.3 Å². The van der Waals surface area contributed by atoms with Crippen LogP contribution in [0.3, 0.4) is 0 Å². The molecule has 25 heavy (non-hydrogen) atoms. The van der Waals surface area contributed by atoms with Crippen molar-refractivity contribution in [3.8, 4) is 0 Å². The highest BCUT2D eigenvalue weighted by molar-refractivity contribution is 14.0. The molecule has 4 rings (SSSR count). The zero-order valence-corrected chi connectivity index (χ0v) is 18.2. The fourth-order valence-corrected chi connectivity index (χ4v) is 6.40. The summed E-state index contributed by atoms with van der Waals surface area (Å²) in [7, 11) is -2.83. The number of hydrogen-bond donors (Lipinski definition) is 2. The van der Waals surface area contributed by atoms with Crippen molar-refractivity contribution in [3.05, 3.63) is 0 Å². The summed E-state index contributed by atoms with van der Waals surface area (Å²) in [5.74, 6) is 2.22. The normalized spacial score (nSPS) is 38.4. The lowest BCUT2D eigenvalue weighted by Crippen LogP contribution is -2.68. The standard InChI is InChI=1S/C17H29N3O3S.HI/c1-17(2)14(13-5-7-23-15(13)17)20-16(19-12-3-4-12)18-9-11-6-8-24(21,22)10-11;/h11-15H,3-10H2,1-2H3,(H2,18,19,20);1H. The largest absolute Gasteiger partial charge is 0.377 e. The summed E-state index contributed by atoms with van der Waals surface area (Å²) in [5, 5.41) is 7.14. The molecule has 0 bridgehead atoms. The minimum atomic E-state index is -2.83. The monoisotopic (exact) mass is 483 g/mol. The van der Waals surface area contributed by atoms with Gasteiger partial charge in [0.25, 0.3) is 0 Å². The molecule has 2 heterocycles.